The number of amidine groups is 1. The first-order valence-corrected chi connectivity index (χ1v) is 12.2. The van der Waals surface area contributed by atoms with Crippen LogP contribution in [0.3, 0.4) is 0 Å². The fourth-order valence-electron chi connectivity index (χ4n) is 3.60. The van der Waals surface area contributed by atoms with E-state index in [1.165, 1.54) is 29.5 Å². The summed E-state index contributed by atoms with van der Waals surface area (Å²) < 4.78 is 34.0. The normalized spacial score (nSPS) is 21.5. The molecule has 2 aromatic rings. The van der Waals surface area contributed by atoms with Crippen LogP contribution in [-0.2, 0) is 14.3 Å². The van der Waals surface area contributed by atoms with Gasteiger partial charge in [-0.3, -0.25) is 9.89 Å². The van der Waals surface area contributed by atoms with Gasteiger partial charge in [0.2, 0.25) is 0 Å². The van der Waals surface area contributed by atoms with Crippen LogP contribution in [0, 0.1) is 5.82 Å². The lowest BCUT2D eigenvalue weighted by atomic mass is 9.95. The van der Waals surface area contributed by atoms with Gasteiger partial charge < -0.3 is 19.3 Å². The van der Waals surface area contributed by atoms with Gasteiger partial charge in [-0.25, -0.2) is 9.18 Å². The molecular formula is C20H21ClFN5O4S2. The molecule has 2 aliphatic heterocycles. The molecule has 176 valence electrons. The number of esters is 1. The van der Waals surface area contributed by atoms with Crippen LogP contribution < -0.4 is 5.32 Å². The molecule has 1 fully saturated rings. The minimum Gasteiger partial charge on any atom is -0.463 e. The molecule has 4 rings (SSSR count). The predicted molar refractivity (Wildman–Crippen MR) is 124 cm³/mol. The molecule has 1 aromatic carbocycles. The van der Waals surface area contributed by atoms with Crippen molar-refractivity contribution in [3.8, 4) is 0 Å². The zero-order chi connectivity index (χ0) is 23.4. The summed E-state index contributed by atoms with van der Waals surface area (Å²) in [5.74, 6) is -0.618. The van der Waals surface area contributed by atoms with E-state index in [0.29, 0.717) is 60.4 Å². The minimum absolute atomic E-state index is 0.145. The van der Waals surface area contributed by atoms with E-state index in [2.05, 4.69) is 15.5 Å². The lowest BCUT2D eigenvalue weighted by molar-refractivity contribution is -0.139. The van der Waals surface area contributed by atoms with Gasteiger partial charge >= 0.3 is 5.97 Å². The molecular weight excluding hydrogens is 493 g/mol. The Kier molecular flexibility index (Phi) is 7.94. The highest BCUT2D eigenvalue weighted by atomic mass is 35.5. The van der Waals surface area contributed by atoms with E-state index in [4.69, 9.17) is 26.1 Å². The fraction of sp³-hybridized carbons (Fsp3) is 0.400. The zero-order valence-electron chi connectivity index (χ0n) is 17.5. The van der Waals surface area contributed by atoms with Gasteiger partial charge in [-0.15, -0.1) is 10.2 Å². The van der Waals surface area contributed by atoms with Gasteiger partial charge in [0.25, 0.3) is 0 Å². The molecule has 33 heavy (non-hydrogen) atoms. The van der Waals surface area contributed by atoms with Crippen molar-refractivity contribution in [3.05, 3.63) is 56.4 Å². The number of morpholine rings is 1. The maximum Gasteiger partial charge on any atom is 0.338 e. The third kappa shape index (κ3) is 5.53. The van der Waals surface area contributed by atoms with Crippen LogP contribution in [0.1, 0.15) is 23.5 Å². The smallest absolute Gasteiger partial charge is 0.338 e. The standard InChI is InChI=1S/C20H21ClFN5O4S2/c1-2-30-20(28)16-14(8-27-5-6-31-15(9-27)33-29)24-18(19-26-23-10-32-19)25-17(16)12-4-3-11(22)7-13(12)21/h3-4,7,10,15,17,29H,2,5-6,8-9H2,1H3,(H,24,25). The quantitative estimate of drug-likeness (QED) is 0.426. The average Bonchev–Trinajstić information content (AvgIpc) is 3.34. The monoisotopic (exact) mass is 513 g/mol. The SMILES string of the molecule is CCOC(=O)C1=C(CN2CCOC(SO)C2)NC(c2nncs2)=NC1c1ccc(F)cc1Cl. The van der Waals surface area contributed by atoms with Gasteiger partial charge in [-0.05, 0) is 19.1 Å². The van der Waals surface area contributed by atoms with E-state index >= 15 is 0 Å². The predicted octanol–water partition coefficient (Wildman–Crippen LogP) is 3.10. The molecule has 1 saturated heterocycles. The summed E-state index contributed by atoms with van der Waals surface area (Å²) in [6.07, 6.45) is 0. The molecule has 1 aromatic heterocycles. The van der Waals surface area contributed by atoms with Crippen LogP contribution >= 0.6 is 35.0 Å². The van der Waals surface area contributed by atoms with Crippen LogP contribution in [0.4, 0.5) is 4.39 Å². The van der Waals surface area contributed by atoms with E-state index in [0.717, 1.165) is 0 Å². The summed E-state index contributed by atoms with van der Waals surface area (Å²) in [7, 11) is 0. The lowest BCUT2D eigenvalue weighted by Crippen LogP contribution is -2.45. The van der Waals surface area contributed by atoms with Gasteiger partial charge in [0.05, 0.1) is 18.8 Å². The number of aliphatic imine (C=N–C) groups is 1. The molecule has 0 bridgehead atoms. The number of hydrogen-bond acceptors (Lipinski definition) is 11. The number of ether oxygens (including phenoxy) is 2. The molecule has 0 saturated carbocycles. The molecule has 13 heteroatoms. The van der Waals surface area contributed by atoms with Gasteiger partial charge in [-0.2, -0.15) is 0 Å². The van der Waals surface area contributed by atoms with E-state index in [-0.39, 0.29) is 17.2 Å². The number of carbonyl (C=O) groups is 1. The van der Waals surface area contributed by atoms with Crippen molar-refractivity contribution < 1.29 is 23.2 Å². The molecule has 2 unspecified atom stereocenters. The fourth-order valence-corrected chi connectivity index (χ4v) is 4.81. The Bertz CT molecular complexity index is 1070. The van der Waals surface area contributed by atoms with Gasteiger partial charge in [0.15, 0.2) is 10.8 Å². The van der Waals surface area contributed by atoms with Crippen LogP contribution in [-0.4, -0.2) is 69.7 Å². The second-order valence-electron chi connectivity index (χ2n) is 7.17. The van der Waals surface area contributed by atoms with Crippen LogP contribution in [0.5, 0.6) is 0 Å². The van der Waals surface area contributed by atoms with Crippen molar-refractivity contribution in [3.63, 3.8) is 0 Å². The summed E-state index contributed by atoms with van der Waals surface area (Å²) in [4.78, 5) is 19.9. The first-order valence-electron chi connectivity index (χ1n) is 10.1. The van der Waals surface area contributed by atoms with Gasteiger partial charge in [0, 0.05) is 48.0 Å². The Morgan fingerprint density at radius 2 is 2.36 bits per heavy atom. The summed E-state index contributed by atoms with van der Waals surface area (Å²) in [6, 6.07) is 3.14. The molecule has 3 heterocycles. The molecule has 2 N–H and O–H groups in total. The largest absolute Gasteiger partial charge is 0.463 e. The van der Waals surface area contributed by atoms with Crippen molar-refractivity contribution >= 4 is 46.8 Å². The topological polar surface area (TPSA) is 109 Å². The average molecular weight is 514 g/mol. The third-order valence-corrected chi connectivity index (χ3v) is 6.60. The van der Waals surface area contributed by atoms with E-state index in [1.807, 2.05) is 4.90 Å². The first kappa shape index (κ1) is 24.0. The van der Waals surface area contributed by atoms with Crippen molar-refractivity contribution in [2.24, 2.45) is 4.99 Å². The Balaban J connectivity index is 1.79. The Morgan fingerprint density at radius 1 is 1.52 bits per heavy atom. The van der Waals surface area contributed by atoms with Gasteiger partial charge in [-0.1, -0.05) is 29.0 Å². The van der Waals surface area contributed by atoms with Crippen molar-refractivity contribution in [2.75, 3.05) is 32.8 Å². The zero-order valence-corrected chi connectivity index (χ0v) is 19.9. The number of benzene rings is 1. The second kappa shape index (κ2) is 10.9. The number of nitrogens with one attached hydrogen (secondary N) is 1. The maximum atomic E-state index is 13.8. The molecule has 2 aliphatic rings. The maximum absolute atomic E-state index is 13.8. The number of halogens is 2. The molecule has 0 aliphatic carbocycles. The molecule has 0 radical (unpaired) electrons. The summed E-state index contributed by atoms with van der Waals surface area (Å²) in [6.45, 7) is 3.72. The molecule has 0 amide bonds. The van der Waals surface area contributed by atoms with E-state index in [9.17, 15) is 13.7 Å². The number of rotatable bonds is 7. The van der Waals surface area contributed by atoms with Crippen LogP contribution in [0.15, 0.2) is 40.0 Å². The molecule has 0 spiro atoms. The van der Waals surface area contributed by atoms with E-state index < -0.39 is 23.3 Å². The minimum atomic E-state index is -0.837. The number of nitrogens with zero attached hydrogens (tertiary/aromatic N) is 4. The Morgan fingerprint density at radius 3 is 3.06 bits per heavy atom. The molecule has 9 nitrogen and oxygen atoms in total. The third-order valence-electron chi connectivity index (χ3n) is 5.06. The number of hydrogen-bond donors (Lipinski definition) is 2. The first-order chi connectivity index (χ1) is 16.0. The van der Waals surface area contributed by atoms with E-state index in [1.54, 1.807) is 12.4 Å². The highest BCUT2D eigenvalue weighted by Gasteiger charge is 2.35. The Labute approximate surface area is 202 Å². The highest BCUT2D eigenvalue weighted by Crippen LogP contribution is 2.37. The second-order valence-corrected chi connectivity index (χ2v) is 9.15. The summed E-state index contributed by atoms with van der Waals surface area (Å²) in [5, 5.41) is 11.9. The highest BCUT2D eigenvalue weighted by molar-refractivity contribution is 7.94. The number of aromatic nitrogens is 2. The summed E-state index contributed by atoms with van der Waals surface area (Å²) >= 11 is 8.30. The van der Waals surface area contributed by atoms with Crippen molar-refractivity contribution in [2.45, 2.75) is 18.4 Å². The lowest BCUT2D eigenvalue weighted by Gasteiger charge is -2.34. The summed E-state index contributed by atoms with van der Waals surface area (Å²) in [5.41, 5.74) is 2.48. The van der Waals surface area contributed by atoms with Crippen LogP contribution in [0.2, 0.25) is 5.02 Å². The van der Waals surface area contributed by atoms with Crippen molar-refractivity contribution in [1.29, 1.82) is 0 Å². The number of carbonyl (C=O) groups excluding carboxylic acids is 1. The Hall–Kier alpha value is -2.09. The van der Waals surface area contributed by atoms with Crippen LogP contribution in [0.25, 0.3) is 0 Å². The van der Waals surface area contributed by atoms with Gasteiger partial charge in [0.1, 0.15) is 22.8 Å². The van der Waals surface area contributed by atoms with Crippen molar-refractivity contribution in [1.82, 2.24) is 20.4 Å². The molecule has 2 atom stereocenters.